The molecule has 1 aliphatic rings. The van der Waals surface area contributed by atoms with Gasteiger partial charge >= 0.3 is 0 Å². The molecule has 0 amide bonds. The molecule has 8 aromatic rings. The van der Waals surface area contributed by atoms with Crippen LogP contribution in [0, 0.1) is 6.92 Å². The van der Waals surface area contributed by atoms with E-state index in [1.54, 1.807) is 0 Å². The van der Waals surface area contributed by atoms with Crippen LogP contribution in [0.15, 0.2) is 146 Å². The normalized spacial score (nSPS) is 12.2. The molecule has 0 bridgehead atoms. The molecular formula is C43H29N. The lowest BCUT2D eigenvalue weighted by Gasteiger charge is -2.22. The van der Waals surface area contributed by atoms with Crippen LogP contribution in [0.5, 0.6) is 0 Å². The van der Waals surface area contributed by atoms with Crippen LogP contribution >= 0.6 is 0 Å². The van der Waals surface area contributed by atoms with Gasteiger partial charge in [-0.05, 0) is 74.2 Å². The highest BCUT2D eigenvalue weighted by Crippen LogP contribution is 2.50. The van der Waals surface area contributed by atoms with E-state index in [-0.39, 0.29) is 0 Å². The van der Waals surface area contributed by atoms with Crippen LogP contribution in [-0.4, -0.2) is 4.57 Å². The monoisotopic (exact) mass is 559 g/mol. The minimum Gasteiger partial charge on any atom is -0.308 e. The summed E-state index contributed by atoms with van der Waals surface area (Å²) in [5.41, 5.74) is 13.8. The van der Waals surface area contributed by atoms with Crippen molar-refractivity contribution >= 4 is 49.4 Å². The molecule has 0 fully saturated rings. The van der Waals surface area contributed by atoms with Crippen molar-refractivity contribution in [2.75, 3.05) is 0 Å². The molecule has 1 aromatic heterocycles. The van der Waals surface area contributed by atoms with Crippen molar-refractivity contribution in [2.45, 2.75) is 6.92 Å². The minimum atomic E-state index is 1.21. The molecule has 0 aliphatic heterocycles. The van der Waals surface area contributed by atoms with Crippen molar-refractivity contribution in [3.63, 3.8) is 0 Å². The summed E-state index contributed by atoms with van der Waals surface area (Å²) in [4.78, 5) is 0. The van der Waals surface area contributed by atoms with Crippen LogP contribution < -0.4 is 0 Å². The topological polar surface area (TPSA) is 4.93 Å². The highest BCUT2D eigenvalue weighted by molar-refractivity contribution is 6.27. The van der Waals surface area contributed by atoms with E-state index in [1.165, 1.54) is 93.5 Å². The number of fused-ring (bicyclic) bond motifs is 3. The van der Waals surface area contributed by atoms with Gasteiger partial charge < -0.3 is 4.57 Å². The molecule has 1 heterocycles. The zero-order valence-corrected chi connectivity index (χ0v) is 24.5. The molecule has 206 valence electrons. The third-order valence-corrected chi connectivity index (χ3v) is 9.47. The van der Waals surface area contributed by atoms with Crippen molar-refractivity contribution < 1.29 is 0 Å². The zero-order valence-electron chi connectivity index (χ0n) is 24.5. The second kappa shape index (κ2) is 9.42. The Morgan fingerprint density at radius 1 is 0.545 bits per heavy atom. The summed E-state index contributed by atoms with van der Waals surface area (Å²) >= 11 is 0. The van der Waals surface area contributed by atoms with Gasteiger partial charge in [-0.1, -0.05) is 140 Å². The summed E-state index contributed by atoms with van der Waals surface area (Å²) in [5.74, 6) is 0. The van der Waals surface area contributed by atoms with Gasteiger partial charge in [0.25, 0.3) is 0 Å². The lowest BCUT2D eigenvalue weighted by molar-refractivity contribution is 1.18. The van der Waals surface area contributed by atoms with Gasteiger partial charge in [-0.2, -0.15) is 0 Å². The van der Waals surface area contributed by atoms with Crippen LogP contribution in [0.3, 0.4) is 0 Å². The Morgan fingerprint density at radius 3 is 1.70 bits per heavy atom. The molecule has 0 N–H and O–H groups in total. The minimum absolute atomic E-state index is 1.21. The maximum Gasteiger partial charge on any atom is 0.0616 e. The van der Waals surface area contributed by atoms with Gasteiger partial charge in [0.2, 0.25) is 0 Å². The molecule has 0 saturated carbocycles. The van der Waals surface area contributed by atoms with Gasteiger partial charge in [-0.3, -0.25) is 0 Å². The van der Waals surface area contributed by atoms with E-state index in [9.17, 15) is 0 Å². The molecule has 1 aliphatic carbocycles. The number of allylic oxidation sites excluding steroid dienone is 2. The van der Waals surface area contributed by atoms with E-state index < -0.39 is 0 Å². The molecule has 1 nitrogen and oxygen atoms in total. The SMILES string of the molecule is C=C/C=C\c1c(C)c(-c2ccccc2)c2ccccc2c1-n1c2cccc3c2c2c(cccc21)-c1cccc2cccc-3c12. The molecular weight excluding hydrogens is 530 g/mol. The van der Waals surface area contributed by atoms with E-state index in [0.29, 0.717) is 0 Å². The van der Waals surface area contributed by atoms with E-state index in [4.69, 9.17) is 0 Å². The fraction of sp³-hybridized carbons (Fsp3) is 0.0233. The fourth-order valence-electron chi connectivity index (χ4n) is 7.74. The van der Waals surface area contributed by atoms with E-state index in [0.717, 1.165) is 0 Å². The first-order valence-corrected chi connectivity index (χ1v) is 15.2. The highest BCUT2D eigenvalue weighted by atomic mass is 15.0. The Hall–Kier alpha value is -5.66. The van der Waals surface area contributed by atoms with Gasteiger partial charge in [0.1, 0.15) is 0 Å². The summed E-state index contributed by atoms with van der Waals surface area (Å²) < 4.78 is 2.53. The van der Waals surface area contributed by atoms with E-state index in [2.05, 4.69) is 158 Å². The molecule has 44 heavy (non-hydrogen) atoms. The van der Waals surface area contributed by atoms with E-state index >= 15 is 0 Å². The Labute approximate surface area is 256 Å². The van der Waals surface area contributed by atoms with Crippen molar-refractivity contribution in [1.82, 2.24) is 4.57 Å². The standard InChI is InChI=1S/C43H29N/c1-3-4-18-30-27(2)39(28-14-6-5-7-15-28)35-19-8-9-20-36(35)43(30)44-37-25-12-23-33-31-21-10-16-29-17-11-22-32(40(29)31)34-24-13-26-38(44)42(34)41(33)37/h3-26H,1H2,2H3/b18-4-. The smallest absolute Gasteiger partial charge is 0.0616 e. The third-order valence-electron chi connectivity index (χ3n) is 9.47. The number of hydrogen-bond donors (Lipinski definition) is 0. The maximum absolute atomic E-state index is 4.03. The number of hydrogen-bond acceptors (Lipinski definition) is 0. The predicted octanol–water partition coefficient (Wildman–Crippen LogP) is 11.9. The van der Waals surface area contributed by atoms with Crippen molar-refractivity contribution in [3.8, 4) is 39.1 Å². The number of benzene rings is 7. The lowest BCUT2D eigenvalue weighted by atomic mass is 9.88. The lowest BCUT2D eigenvalue weighted by Crippen LogP contribution is -2.03. The molecule has 0 spiro atoms. The summed E-state index contributed by atoms with van der Waals surface area (Å²) in [6, 6.07) is 46.8. The Bertz CT molecular complexity index is 2410. The Morgan fingerprint density at radius 2 is 1.09 bits per heavy atom. The zero-order chi connectivity index (χ0) is 29.4. The first-order chi connectivity index (χ1) is 21.8. The average Bonchev–Trinajstić information content (AvgIpc) is 3.35. The van der Waals surface area contributed by atoms with Crippen LogP contribution in [0.1, 0.15) is 11.1 Å². The van der Waals surface area contributed by atoms with Gasteiger partial charge in [0, 0.05) is 21.7 Å². The quantitative estimate of drug-likeness (QED) is 0.189. The third kappa shape index (κ3) is 3.30. The number of rotatable bonds is 4. The Balaban J connectivity index is 1.51. The van der Waals surface area contributed by atoms with Crippen LogP contribution in [-0.2, 0) is 0 Å². The van der Waals surface area contributed by atoms with Crippen LogP contribution in [0.2, 0.25) is 0 Å². The highest BCUT2D eigenvalue weighted by Gasteiger charge is 2.26. The maximum atomic E-state index is 4.03. The van der Waals surface area contributed by atoms with Crippen molar-refractivity contribution in [2.24, 2.45) is 0 Å². The van der Waals surface area contributed by atoms with Crippen LogP contribution in [0.4, 0.5) is 0 Å². The first kappa shape index (κ1) is 24.9. The fourth-order valence-corrected chi connectivity index (χ4v) is 7.74. The van der Waals surface area contributed by atoms with Gasteiger partial charge in [-0.15, -0.1) is 0 Å². The summed E-state index contributed by atoms with van der Waals surface area (Å²) in [7, 11) is 0. The van der Waals surface area contributed by atoms with Crippen LogP contribution in [0.25, 0.3) is 88.5 Å². The largest absolute Gasteiger partial charge is 0.308 e. The van der Waals surface area contributed by atoms with Crippen molar-refractivity contribution in [1.29, 1.82) is 0 Å². The summed E-state index contributed by atoms with van der Waals surface area (Å²) in [6.45, 7) is 6.30. The van der Waals surface area contributed by atoms with Gasteiger partial charge in [-0.25, -0.2) is 0 Å². The average molecular weight is 560 g/mol. The molecule has 0 radical (unpaired) electrons. The second-order valence-electron chi connectivity index (χ2n) is 11.7. The molecule has 0 saturated heterocycles. The molecule has 0 unspecified atom stereocenters. The molecule has 7 aromatic carbocycles. The Kier molecular flexibility index (Phi) is 5.33. The van der Waals surface area contributed by atoms with E-state index in [1.807, 2.05) is 6.08 Å². The predicted molar refractivity (Wildman–Crippen MR) is 190 cm³/mol. The first-order valence-electron chi connectivity index (χ1n) is 15.2. The summed E-state index contributed by atoms with van der Waals surface area (Å²) in [5, 5.41) is 7.73. The summed E-state index contributed by atoms with van der Waals surface area (Å²) in [6.07, 6.45) is 6.18. The van der Waals surface area contributed by atoms with Crippen molar-refractivity contribution in [3.05, 3.63) is 157 Å². The molecule has 1 heteroatoms. The van der Waals surface area contributed by atoms with Gasteiger partial charge in [0.15, 0.2) is 0 Å². The molecule has 9 rings (SSSR count). The number of aromatic nitrogens is 1. The molecule has 0 atom stereocenters. The van der Waals surface area contributed by atoms with Gasteiger partial charge in [0.05, 0.1) is 16.7 Å². The second-order valence-corrected chi connectivity index (χ2v) is 11.7. The number of nitrogens with zero attached hydrogens (tertiary/aromatic N) is 1.